The van der Waals surface area contributed by atoms with Crippen LogP contribution in [-0.2, 0) is 14.4 Å². The zero-order valence-corrected chi connectivity index (χ0v) is 17.7. The lowest BCUT2D eigenvalue weighted by molar-refractivity contribution is -0.126. The largest absolute Gasteiger partial charge is 0.497 e. The van der Waals surface area contributed by atoms with Crippen molar-refractivity contribution in [3.63, 3.8) is 0 Å². The van der Waals surface area contributed by atoms with Crippen molar-refractivity contribution in [3.05, 3.63) is 84.4 Å². The first-order chi connectivity index (χ1) is 15.6. The molecule has 2 amide bonds. The van der Waals surface area contributed by atoms with Crippen LogP contribution in [0, 0.1) is 5.92 Å². The van der Waals surface area contributed by atoms with E-state index in [1.807, 2.05) is 54.6 Å². The van der Waals surface area contributed by atoms with Gasteiger partial charge in [-0.15, -0.1) is 0 Å². The van der Waals surface area contributed by atoms with Crippen LogP contribution >= 0.6 is 0 Å². The number of methoxy groups -OCH3 is 2. The van der Waals surface area contributed by atoms with Gasteiger partial charge in [-0.25, -0.2) is 9.96 Å². The summed E-state index contributed by atoms with van der Waals surface area (Å²) in [6, 6.07) is 23.4. The second-order valence-electron chi connectivity index (χ2n) is 7.64. The summed E-state index contributed by atoms with van der Waals surface area (Å²) in [6.45, 7) is 0. The molecular formula is C25H22N2O5. The Kier molecular flexibility index (Phi) is 5.03. The van der Waals surface area contributed by atoms with E-state index in [-0.39, 0.29) is 11.8 Å². The van der Waals surface area contributed by atoms with Crippen LogP contribution in [0.3, 0.4) is 0 Å². The van der Waals surface area contributed by atoms with Gasteiger partial charge in [0.05, 0.1) is 31.6 Å². The van der Waals surface area contributed by atoms with Crippen LogP contribution in [0.1, 0.15) is 11.6 Å². The third kappa shape index (κ3) is 3.18. The first kappa shape index (κ1) is 20.1. The zero-order valence-electron chi connectivity index (χ0n) is 17.7. The number of hydroxylamine groups is 1. The Morgan fingerprint density at radius 3 is 1.91 bits per heavy atom. The van der Waals surface area contributed by atoms with Gasteiger partial charge in [0.15, 0.2) is 6.10 Å². The molecule has 0 aliphatic carbocycles. The second-order valence-corrected chi connectivity index (χ2v) is 7.64. The molecule has 3 aromatic carbocycles. The van der Waals surface area contributed by atoms with Gasteiger partial charge < -0.3 is 9.47 Å². The van der Waals surface area contributed by atoms with E-state index < -0.39 is 18.1 Å². The minimum Gasteiger partial charge on any atom is -0.497 e. The SMILES string of the molecule is COc1ccc([C@@H]2[C@@H]3C(=O)N(c4ccc(OC)cc4)C(=O)[C@H]3ON2c2ccccc2)cc1. The van der Waals surface area contributed by atoms with Crippen LogP contribution < -0.4 is 19.4 Å². The molecule has 0 spiro atoms. The van der Waals surface area contributed by atoms with E-state index in [0.717, 1.165) is 11.3 Å². The van der Waals surface area contributed by atoms with Gasteiger partial charge in [-0.2, -0.15) is 0 Å². The lowest BCUT2D eigenvalue weighted by Crippen LogP contribution is -2.37. The molecule has 5 rings (SSSR count). The first-order valence-corrected chi connectivity index (χ1v) is 10.3. The fraction of sp³-hybridized carbons (Fsp3) is 0.200. The molecule has 3 atom stereocenters. The molecule has 0 aromatic heterocycles. The van der Waals surface area contributed by atoms with Crippen molar-refractivity contribution in [3.8, 4) is 11.5 Å². The van der Waals surface area contributed by atoms with Crippen LogP contribution in [0.2, 0.25) is 0 Å². The Bertz CT molecular complexity index is 1130. The highest BCUT2D eigenvalue weighted by atomic mass is 16.7. The molecule has 2 aliphatic rings. The molecule has 0 radical (unpaired) electrons. The lowest BCUT2D eigenvalue weighted by Gasteiger charge is -2.28. The summed E-state index contributed by atoms with van der Waals surface area (Å²) in [4.78, 5) is 34.2. The molecule has 0 bridgehead atoms. The van der Waals surface area contributed by atoms with Gasteiger partial charge in [-0.05, 0) is 54.1 Å². The summed E-state index contributed by atoms with van der Waals surface area (Å²) in [5, 5.41) is 1.68. The number of nitrogens with zero attached hydrogens (tertiary/aromatic N) is 2. The molecule has 7 nitrogen and oxygen atoms in total. The molecule has 162 valence electrons. The average Bonchev–Trinajstić information content (AvgIpc) is 3.36. The average molecular weight is 430 g/mol. The Morgan fingerprint density at radius 2 is 1.31 bits per heavy atom. The van der Waals surface area contributed by atoms with Crippen molar-refractivity contribution in [2.75, 3.05) is 24.2 Å². The van der Waals surface area contributed by atoms with Crippen molar-refractivity contribution in [1.29, 1.82) is 0 Å². The van der Waals surface area contributed by atoms with Crippen molar-refractivity contribution in [1.82, 2.24) is 0 Å². The maximum absolute atomic E-state index is 13.6. The molecule has 0 N–H and O–H groups in total. The van der Waals surface area contributed by atoms with E-state index in [2.05, 4.69) is 0 Å². The second kappa shape index (κ2) is 8.01. The normalized spacial score (nSPS) is 22.2. The number of anilines is 2. The summed E-state index contributed by atoms with van der Waals surface area (Å²) >= 11 is 0. The molecule has 0 saturated carbocycles. The number of para-hydroxylation sites is 1. The number of hydrogen-bond donors (Lipinski definition) is 0. The van der Waals surface area contributed by atoms with E-state index >= 15 is 0 Å². The number of rotatable bonds is 5. The molecule has 0 unspecified atom stereocenters. The van der Waals surface area contributed by atoms with Crippen LogP contribution in [0.15, 0.2) is 78.9 Å². The maximum atomic E-state index is 13.6. The summed E-state index contributed by atoms with van der Waals surface area (Å²) in [7, 11) is 3.17. The third-order valence-electron chi connectivity index (χ3n) is 5.91. The summed E-state index contributed by atoms with van der Waals surface area (Å²) in [6.07, 6.45) is -0.906. The van der Waals surface area contributed by atoms with Crippen LogP contribution in [-0.4, -0.2) is 32.1 Å². The fourth-order valence-electron chi connectivity index (χ4n) is 4.34. The van der Waals surface area contributed by atoms with Gasteiger partial charge >= 0.3 is 0 Å². The molecule has 2 saturated heterocycles. The van der Waals surface area contributed by atoms with Gasteiger partial charge in [0.1, 0.15) is 17.4 Å². The number of benzene rings is 3. The zero-order chi connectivity index (χ0) is 22.2. The Balaban J connectivity index is 1.55. The molecule has 2 heterocycles. The van der Waals surface area contributed by atoms with Crippen molar-refractivity contribution in [2.24, 2.45) is 5.92 Å². The highest BCUT2D eigenvalue weighted by Crippen LogP contribution is 2.47. The standard InChI is InChI=1S/C25H22N2O5/c1-30-19-12-8-16(9-13-19)22-21-23(32-27(22)18-6-4-3-5-7-18)25(29)26(24(21)28)17-10-14-20(31-2)15-11-17/h3-15,21-23H,1-2H3/t21-,22+,23-/m0/s1. The van der Waals surface area contributed by atoms with Crippen molar-refractivity contribution >= 4 is 23.2 Å². The topological polar surface area (TPSA) is 68.3 Å². The highest BCUT2D eigenvalue weighted by molar-refractivity contribution is 6.23. The molecule has 2 fully saturated rings. The fourth-order valence-corrected chi connectivity index (χ4v) is 4.34. The van der Waals surface area contributed by atoms with E-state index in [1.54, 1.807) is 43.5 Å². The smallest absolute Gasteiger partial charge is 0.266 e. The number of amides is 2. The van der Waals surface area contributed by atoms with Crippen molar-refractivity contribution in [2.45, 2.75) is 12.1 Å². The molecule has 2 aliphatic heterocycles. The molecular weight excluding hydrogens is 408 g/mol. The molecule has 32 heavy (non-hydrogen) atoms. The van der Waals surface area contributed by atoms with E-state index in [4.69, 9.17) is 14.3 Å². The predicted molar refractivity (Wildman–Crippen MR) is 119 cm³/mol. The highest BCUT2D eigenvalue weighted by Gasteiger charge is 2.60. The summed E-state index contributed by atoms with van der Waals surface area (Å²) in [5.74, 6) is 0.0181. The van der Waals surface area contributed by atoms with E-state index in [0.29, 0.717) is 17.2 Å². The number of carbonyl (C=O) groups excluding carboxylic acids is 2. The Morgan fingerprint density at radius 1 is 0.719 bits per heavy atom. The van der Waals surface area contributed by atoms with Gasteiger partial charge in [0.2, 0.25) is 5.91 Å². The summed E-state index contributed by atoms with van der Waals surface area (Å²) < 4.78 is 10.5. The number of fused-ring (bicyclic) bond motifs is 1. The molecule has 3 aromatic rings. The number of carbonyl (C=O) groups is 2. The Labute approximate surface area is 185 Å². The quantitative estimate of drug-likeness (QED) is 0.575. The van der Waals surface area contributed by atoms with Gasteiger partial charge in [0, 0.05) is 0 Å². The predicted octanol–water partition coefficient (Wildman–Crippen LogP) is 3.75. The van der Waals surface area contributed by atoms with Gasteiger partial charge in [-0.1, -0.05) is 30.3 Å². The molecule has 7 heteroatoms. The lowest BCUT2D eigenvalue weighted by atomic mass is 9.90. The minimum atomic E-state index is -0.906. The maximum Gasteiger partial charge on any atom is 0.266 e. The van der Waals surface area contributed by atoms with Gasteiger partial charge in [0.25, 0.3) is 5.91 Å². The number of imide groups is 1. The summed E-state index contributed by atoms with van der Waals surface area (Å²) in [5.41, 5.74) is 2.14. The first-order valence-electron chi connectivity index (χ1n) is 10.3. The van der Waals surface area contributed by atoms with E-state index in [1.165, 1.54) is 4.90 Å². The number of hydrogen-bond acceptors (Lipinski definition) is 6. The monoisotopic (exact) mass is 430 g/mol. The minimum absolute atomic E-state index is 0.288. The Hall–Kier alpha value is -3.84. The van der Waals surface area contributed by atoms with Crippen LogP contribution in [0.4, 0.5) is 11.4 Å². The van der Waals surface area contributed by atoms with E-state index in [9.17, 15) is 9.59 Å². The number of ether oxygens (including phenoxy) is 2. The van der Waals surface area contributed by atoms with Crippen LogP contribution in [0.5, 0.6) is 11.5 Å². The van der Waals surface area contributed by atoms with Crippen LogP contribution in [0.25, 0.3) is 0 Å². The van der Waals surface area contributed by atoms with Crippen molar-refractivity contribution < 1.29 is 23.9 Å². The third-order valence-corrected chi connectivity index (χ3v) is 5.91. The van der Waals surface area contributed by atoms with Gasteiger partial charge in [-0.3, -0.25) is 14.4 Å².